The second-order valence-corrected chi connectivity index (χ2v) is 9.78. The molecule has 0 radical (unpaired) electrons. The number of benzene rings is 1. The predicted octanol–water partition coefficient (Wildman–Crippen LogP) is 5.70. The summed E-state index contributed by atoms with van der Waals surface area (Å²) in [6.07, 6.45) is 1.78. The number of carbonyl (C=O) groups is 1. The van der Waals surface area contributed by atoms with E-state index in [0.717, 1.165) is 23.0 Å². The first kappa shape index (κ1) is 19.9. The van der Waals surface area contributed by atoms with Gasteiger partial charge in [0.1, 0.15) is 11.4 Å². The molecule has 0 aliphatic heterocycles. The van der Waals surface area contributed by atoms with E-state index in [9.17, 15) is 4.79 Å². The lowest BCUT2D eigenvalue weighted by atomic mass is 9.84. The molecule has 27 heavy (non-hydrogen) atoms. The molecule has 2 aromatic rings. The molecule has 1 heterocycles. The van der Waals surface area contributed by atoms with Crippen LogP contribution in [0.3, 0.4) is 0 Å². The smallest absolute Gasteiger partial charge is 0.435 e. The average Bonchev–Trinajstić information content (AvgIpc) is 3.31. The van der Waals surface area contributed by atoms with Crippen molar-refractivity contribution in [3.63, 3.8) is 0 Å². The van der Waals surface area contributed by atoms with E-state index in [2.05, 4.69) is 52.3 Å². The first-order valence-corrected chi connectivity index (χ1v) is 10.2. The highest BCUT2D eigenvalue weighted by molar-refractivity contribution is 9.10. The van der Waals surface area contributed by atoms with Gasteiger partial charge in [0, 0.05) is 28.4 Å². The largest absolute Gasteiger partial charge is 0.442 e. The minimum absolute atomic E-state index is 0.0841. The number of nitrogens with one attached hydrogen (secondary N) is 1. The van der Waals surface area contributed by atoms with Crippen molar-refractivity contribution in [1.29, 1.82) is 0 Å². The Labute approximate surface area is 169 Å². The van der Waals surface area contributed by atoms with Gasteiger partial charge in [-0.3, -0.25) is 0 Å². The Morgan fingerprint density at radius 2 is 1.96 bits per heavy atom. The van der Waals surface area contributed by atoms with Crippen LogP contribution in [0.4, 0.5) is 10.6 Å². The monoisotopic (exact) mass is 433 g/mol. The Balaban J connectivity index is 1.75. The number of hydrogen-bond donors (Lipinski definition) is 1. The van der Waals surface area contributed by atoms with Crippen molar-refractivity contribution in [2.24, 2.45) is 0 Å². The highest BCUT2D eigenvalue weighted by Gasteiger charge is 2.32. The number of aromatic nitrogens is 2. The highest BCUT2D eigenvalue weighted by atomic mass is 79.9. The number of hydrogen-bond acceptors (Lipinski definition) is 4. The summed E-state index contributed by atoms with van der Waals surface area (Å²) < 4.78 is 8.01. The Morgan fingerprint density at radius 3 is 2.56 bits per heavy atom. The third kappa shape index (κ3) is 5.12. The number of nitrogens with zero attached hydrogens (tertiary/aromatic N) is 2. The van der Waals surface area contributed by atoms with Crippen LogP contribution in [0.25, 0.3) is 0 Å². The van der Waals surface area contributed by atoms with E-state index in [0.29, 0.717) is 18.3 Å². The number of carbonyl (C=O) groups excluding carboxylic acids is 1. The van der Waals surface area contributed by atoms with E-state index >= 15 is 0 Å². The number of halogens is 1. The molecule has 1 aliphatic rings. The molecule has 0 saturated heterocycles. The van der Waals surface area contributed by atoms with Gasteiger partial charge in [-0.1, -0.05) is 41.9 Å². The molecule has 0 unspecified atom stereocenters. The van der Waals surface area contributed by atoms with Crippen LogP contribution >= 0.6 is 15.9 Å². The molecule has 0 bridgehead atoms. The average molecular weight is 434 g/mol. The van der Waals surface area contributed by atoms with Crippen molar-refractivity contribution in [3.05, 3.63) is 46.1 Å². The van der Waals surface area contributed by atoms with Gasteiger partial charge in [0.25, 0.3) is 0 Å². The molecule has 1 fully saturated rings. The van der Waals surface area contributed by atoms with E-state index in [4.69, 9.17) is 4.74 Å². The van der Waals surface area contributed by atoms with Gasteiger partial charge in [-0.2, -0.15) is 4.68 Å². The van der Waals surface area contributed by atoms with Crippen molar-refractivity contribution in [2.45, 2.75) is 64.4 Å². The second-order valence-electron chi connectivity index (χ2n) is 8.87. The van der Waals surface area contributed by atoms with Gasteiger partial charge in [0.15, 0.2) is 0 Å². The van der Waals surface area contributed by atoms with E-state index in [-0.39, 0.29) is 5.41 Å². The molecule has 1 saturated carbocycles. The van der Waals surface area contributed by atoms with Crippen molar-refractivity contribution in [1.82, 2.24) is 9.78 Å². The molecule has 3 rings (SSSR count). The van der Waals surface area contributed by atoms with Crippen LogP contribution in [0.1, 0.15) is 64.6 Å². The van der Waals surface area contributed by atoms with Gasteiger partial charge in [-0.15, -0.1) is 5.10 Å². The normalized spacial score (nSPS) is 14.9. The first-order chi connectivity index (χ1) is 12.5. The molecule has 1 aliphatic carbocycles. The van der Waals surface area contributed by atoms with E-state index in [1.165, 1.54) is 10.2 Å². The van der Waals surface area contributed by atoms with Crippen molar-refractivity contribution in [2.75, 3.05) is 11.9 Å². The molecule has 146 valence electrons. The summed E-state index contributed by atoms with van der Waals surface area (Å²) in [5.74, 6) is 1.12. The van der Waals surface area contributed by atoms with E-state index < -0.39 is 11.7 Å². The van der Waals surface area contributed by atoms with Crippen LogP contribution in [-0.4, -0.2) is 28.0 Å². The Morgan fingerprint density at radius 1 is 1.26 bits per heavy atom. The molecule has 6 heteroatoms. The van der Waals surface area contributed by atoms with E-state index in [1.54, 1.807) is 0 Å². The molecule has 0 spiro atoms. The van der Waals surface area contributed by atoms with Gasteiger partial charge >= 0.3 is 6.09 Å². The summed E-state index contributed by atoms with van der Waals surface area (Å²) in [5.41, 5.74) is 1.55. The van der Waals surface area contributed by atoms with Gasteiger partial charge < -0.3 is 10.1 Å². The lowest BCUT2D eigenvalue weighted by Gasteiger charge is -2.25. The van der Waals surface area contributed by atoms with Gasteiger partial charge in [0.05, 0.1) is 5.69 Å². The van der Waals surface area contributed by atoms with Crippen LogP contribution in [0.15, 0.2) is 34.8 Å². The van der Waals surface area contributed by atoms with Crippen molar-refractivity contribution >= 4 is 27.8 Å². The highest BCUT2D eigenvalue weighted by Crippen LogP contribution is 2.41. The lowest BCUT2D eigenvalue weighted by Crippen LogP contribution is -2.29. The fraction of sp³-hybridized carbons (Fsp3) is 0.524. The van der Waals surface area contributed by atoms with Crippen molar-refractivity contribution < 1.29 is 9.53 Å². The summed E-state index contributed by atoms with van der Waals surface area (Å²) in [6, 6.07) is 10.3. The predicted molar refractivity (Wildman–Crippen MR) is 111 cm³/mol. The molecule has 0 amide bonds. The quantitative estimate of drug-likeness (QED) is 0.656. The third-order valence-corrected chi connectivity index (χ3v) is 5.11. The maximum absolute atomic E-state index is 12.5. The van der Waals surface area contributed by atoms with E-state index in [1.807, 2.05) is 39.0 Å². The molecule has 5 nitrogen and oxygen atoms in total. The second kappa shape index (κ2) is 7.30. The van der Waals surface area contributed by atoms with Crippen LogP contribution in [0.5, 0.6) is 0 Å². The summed E-state index contributed by atoms with van der Waals surface area (Å²) in [5, 5.41) is 7.90. The fourth-order valence-electron chi connectivity index (χ4n) is 2.93. The maximum Gasteiger partial charge on any atom is 0.435 e. The fourth-order valence-corrected chi connectivity index (χ4v) is 3.33. The van der Waals surface area contributed by atoms with Crippen molar-refractivity contribution in [3.8, 4) is 0 Å². The minimum atomic E-state index is -0.542. The van der Waals surface area contributed by atoms with Gasteiger partial charge in [-0.25, -0.2) is 4.79 Å². The van der Waals surface area contributed by atoms with Gasteiger partial charge in [-0.05, 0) is 51.3 Å². The first-order valence-electron chi connectivity index (χ1n) is 9.38. The summed E-state index contributed by atoms with van der Waals surface area (Å²) in [7, 11) is 0. The minimum Gasteiger partial charge on any atom is -0.442 e. The Kier molecular flexibility index (Phi) is 5.39. The zero-order valence-corrected chi connectivity index (χ0v) is 18.3. The van der Waals surface area contributed by atoms with Crippen LogP contribution in [-0.2, 0) is 10.2 Å². The zero-order chi connectivity index (χ0) is 19.8. The number of ether oxygens (including phenoxy) is 1. The molecular formula is C21H28BrN3O2. The summed E-state index contributed by atoms with van der Waals surface area (Å²) in [6.45, 7) is 10.7. The number of anilines is 1. The van der Waals surface area contributed by atoms with Gasteiger partial charge in [0.2, 0.25) is 0 Å². The van der Waals surface area contributed by atoms with Crippen LogP contribution < -0.4 is 5.32 Å². The van der Waals surface area contributed by atoms with Crippen LogP contribution in [0.2, 0.25) is 0 Å². The Bertz CT molecular complexity index is 832. The summed E-state index contributed by atoms with van der Waals surface area (Å²) in [4.78, 5) is 12.5. The number of rotatable bonds is 5. The van der Waals surface area contributed by atoms with Crippen LogP contribution in [0, 0.1) is 0 Å². The molecule has 1 aromatic carbocycles. The molecule has 1 aromatic heterocycles. The molecule has 0 atom stereocenters. The molecule has 1 N–H and O–H groups in total. The standard InChI is InChI=1S/C21H28BrN3O2/c1-20(2,3)27-19(26)25-17(14-9-10-14)12-18(24-25)23-13-21(4,5)15-7-6-8-16(22)11-15/h6-8,11-12,14H,9-10,13H2,1-5H3,(H,23,24). The SMILES string of the molecule is CC(C)(C)OC(=O)n1nc(NCC(C)(C)c2cccc(Br)c2)cc1C1CC1. The Hall–Kier alpha value is -1.82. The topological polar surface area (TPSA) is 56.2 Å². The zero-order valence-electron chi connectivity index (χ0n) is 16.7. The molecular weight excluding hydrogens is 406 g/mol. The third-order valence-electron chi connectivity index (χ3n) is 4.62. The maximum atomic E-state index is 12.5. The lowest BCUT2D eigenvalue weighted by molar-refractivity contribution is 0.0510. The summed E-state index contributed by atoms with van der Waals surface area (Å²) >= 11 is 3.54.